The third kappa shape index (κ3) is 6.00. The summed E-state index contributed by atoms with van der Waals surface area (Å²) in [5.41, 5.74) is 7.75. The zero-order chi connectivity index (χ0) is 23.0. The van der Waals surface area contributed by atoms with Crippen LogP contribution < -0.4 is 15.7 Å². The maximum Gasteiger partial charge on any atom is 0.267 e. The van der Waals surface area contributed by atoms with Crippen molar-refractivity contribution in [3.05, 3.63) is 70.8 Å². The number of nitrogens with zero attached hydrogens (tertiary/aromatic N) is 2. The number of carbonyl (C=O) groups is 1. The van der Waals surface area contributed by atoms with E-state index in [-0.39, 0.29) is 6.61 Å². The minimum atomic E-state index is -0.538. The van der Waals surface area contributed by atoms with Gasteiger partial charge in [-0.2, -0.15) is 0 Å². The summed E-state index contributed by atoms with van der Waals surface area (Å²) in [4.78, 5) is 16.1. The zero-order valence-electron chi connectivity index (χ0n) is 19.0. The second kappa shape index (κ2) is 11.4. The summed E-state index contributed by atoms with van der Waals surface area (Å²) in [5, 5.41) is 21.7. The van der Waals surface area contributed by atoms with E-state index >= 15 is 0 Å². The molecule has 1 amide bonds. The molecule has 7 nitrogen and oxygen atoms in total. The first-order valence-corrected chi connectivity index (χ1v) is 11.8. The van der Waals surface area contributed by atoms with E-state index in [1.165, 1.54) is 28.5 Å². The minimum Gasteiger partial charge on any atom is -0.395 e. The zero-order valence-corrected chi connectivity index (χ0v) is 19.0. The molecule has 176 valence electrons. The molecule has 4 rings (SSSR count). The Balaban J connectivity index is 1.39. The quantitative estimate of drug-likeness (QED) is 0.266. The van der Waals surface area contributed by atoms with Crippen LogP contribution in [0, 0.1) is 0 Å². The maximum atomic E-state index is 11.2. The van der Waals surface area contributed by atoms with Crippen LogP contribution in [0.2, 0.25) is 0 Å². The Hall–Kier alpha value is -2.71. The fourth-order valence-corrected chi connectivity index (χ4v) is 4.93. The van der Waals surface area contributed by atoms with Crippen LogP contribution >= 0.6 is 0 Å². The van der Waals surface area contributed by atoms with E-state index in [9.17, 15) is 9.90 Å². The van der Waals surface area contributed by atoms with Gasteiger partial charge < -0.3 is 15.3 Å². The molecule has 2 aromatic carbocycles. The van der Waals surface area contributed by atoms with Crippen LogP contribution in [0.25, 0.3) is 6.08 Å². The molecule has 0 aromatic heterocycles. The lowest BCUT2D eigenvalue weighted by Gasteiger charge is -2.30. The van der Waals surface area contributed by atoms with E-state index in [0.29, 0.717) is 12.6 Å². The van der Waals surface area contributed by atoms with E-state index < -0.39 is 5.91 Å². The van der Waals surface area contributed by atoms with Gasteiger partial charge in [0.15, 0.2) is 0 Å². The van der Waals surface area contributed by atoms with Crippen molar-refractivity contribution in [2.45, 2.75) is 25.3 Å². The van der Waals surface area contributed by atoms with Crippen LogP contribution in [-0.2, 0) is 17.6 Å². The molecule has 33 heavy (non-hydrogen) atoms. The van der Waals surface area contributed by atoms with Crippen molar-refractivity contribution in [3.63, 3.8) is 0 Å². The van der Waals surface area contributed by atoms with Crippen LogP contribution in [0.15, 0.2) is 48.5 Å². The van der Waals surface area contributed by atoms with Gasteiger partial charge in [0.2, 0.25) is 0 Å². The Morgan fingerprint density at radius 1 is 1.15 bits per heavy atom. The third-order valence-electron chi connectivity index (χ3n) is 6.68. The fraction of sp³-hybridized carbons (Fsp3) is 0.423. The van der Waals surface area contributed by atoms with Gasteiger partial charge in [0.25, 0.3) is 5.91 Å². The number of aliphatic hydroxyl groups is 1. The van der Waals surface area contributed by atoms with Gasteiger partial charge in [-0.05, 0) is 59.7 Å². The number of nitrogens with one attached hydrogen (secondary N) is 2. The van der Waals surface area contributed by atoms with Gasteiger partial charge in [0.1, 0.15) is 0 Å². The number of hydroxylamine groups is 1. The topological polar surface area (TPSA) is 88.1 Å². The van der Waals surface area contributed by atoms with Gasteiger partial charge in [-0.15, -0.1) is 0 Å². The molecule has 0 saturated carbocycles. The fourth-order valence-electron chi connectivity index (χ4n) is 4.93. The van der Waals surface area contributed by atoms with Gasteiger partial charge in [0.05, 0.1) is 6.61 Å². The molecule has 1 saturated heterocycles. The van der Waals surface area contributed by atoms with Crippen LogP contribution in [0.3, 0.4) is 0 Å². The molecule has 1 fully saturated rings. The van der Waals surface area contributed by atoms with Gasteiger partial charge >= 0.3 is 0 Å². The van der Waals surface area contributed by atoms with E-state index in [4.69, 9.17) is 5.21 Å². The summed E-state index contributed by atoms with van der Waals surface area (Å²) in [6.07, 6.45) is 5.98. The van der Waals surface area contributed by atoms with E-state index in [1.807, 2.05) is 6.07 Å². The van der Waals surface area contributed by atoms with Crippen molar-refractivity contribution in [2.75, 3.05) is 50.8 Å². The molecule has 1 atom stereocenters. The lowest BCUT2D eigenvalue weighted by atomic mass is 10.0. The van der Waals surface area contributed by atoms with Crippen LogP contribution in [-0.4, -0.2) is 67.0 Å². The molecule has 7 heteroatoms. The van der Waals surface area contributed by atoms with Gasteiger partial charge in [-0.3, -0.25) is 14.9 Å². The van der Waals surface area contributed by atoms with Gasteiger partial charge in [-0.25, -0.2) is 5.48 Å². The predicted molar refractivity (Wildman–Crippen MR) is 130 cm³/mol. The number of aliphatic hydroxyl groups excluding tert-OH is 1. The van der Waals surface area contributed by atoms with Gasteiger partial charge in [0, 0.05) is 57.1 Å². The molecule has 4 N–H and O–H groups in total. The number of fused-ring (bicyclic) bond motifs is 1. The van der Waals surface area contributed by atoms with Crippen molar-refractivity contribution < 1.29 is 15.1 Å². The van der Waals surface area contributed by atoms with Crippen molar-refractivity contribution in [1.82, 2.24) is 15.7 Å². The molecule has 1 aliphatic carbocycles. The molecular weight excluding hydrogens is 416 g/mol. The molecule has 2 aliphatic rings. The molecule has 1 aliphatic heterocycles. The molecule has 0 radical (unpaired) electrons. The number of amides is 1. The Bertz CT molecular complexity index is 955. The first kappa shape index (κ1) is 23.4. The molecule has 0 bridgehead atoms. The van der Waals surface area contributed by atoms with Crippen molar-refractivity contribution in [1.29, 1.82) is 0 Å². The second-order valence-electron chi connectivity index (χ2n) is 8.74. The van der Waals surface area contributed by atoms with Crippen LogP contribution in [0.4, 0.5) is 5.69 Å². The molecular formula is C26H34N4O3. The Labute approximate surface area is 195 Å². The highest BCUT2D eigenvalue weighted by molar-refractivity contribution is 5.90. The molecule has 1 unspecified atom stereocenters. The summed E-state index contributed by atoms with van der Waals surface area (Å²) >= 11 is 0. The second-order valence-corrected chi connectivity index (χ2v) is 8.74. The number of hydrogen-bond acceptors (Lipinski definition) is 6. The monoisotopic (exact) mass is 450 g/mol. The number of rotatable bonds is 9. The minimum absolute atomic E-state index is 0.144. The van der Waals surface area contributed by atoms with E-state index in [1.54, 1.807) is 11.6 Å². The Kier molecular flexibility index (Phi) is 8.12. The maximum absolute atomic E-state index is 11.2. The normalized spacial score (nSPS) is 18.2. The van der Waals surface area contributed by atoms with Gasteiger partial charge in [-0.1, -0.05) is 30.3 Å². The predicted octanol–water partition coefficient (Wildman–Crippen LogP) is 2.14. The molecule has 1 heterocycles. The highest BCUT2D eigenvalue weighted by atomic mass is 16.5. The van der Waals surface area contributed by atoms with Crippen molar-refractivity contribution >= 4 is 17.7 Å². The van der Waals surface area contributed by atoms with E-state index in [2.05, 4.69) is 51.5 Å². The first-order chi connectivity index (χ1) is 16.2. The average Bonchev–Trinajstić information content (AvgIpc) is 3.29. The highest BCUT2D eigenvalue weighted by Crippen LogP contribution is 2.36. The lowest BCUT2D eigenvalue weighted by molar-refractivity contribution is -0.124. The first-order valence-electron chi connectivity index (χ1n) is 11.8. The largest absolute Gasteiger partial charge is 0.395 e. The Morgan fingerprint density at radius 2 is 1.94 bits per heavy atom. The number of hydrogen-bond donors (Lipinski definition) is 4. The third-order valence-corrected chi connectivity index (χ3v) is 6.68. The SMILES string of the molecule is O=C(/C=C/c1ccc2c(c1)CCC2N(CCO)CCc1ccc(N2CCNCC2)cc1)NO. The van der Waals surface area contributed by atoms with Crippen LogP contribution in [0.5, 0.6) is 0 Å². The number of carbonyl (C=O) groups excluding carboxylic acids is 1. The molecule has 0 spiro atoms. The number of benzene rings is 2. The smallest absolute Gasteiger partial charge is 0.267 e. The van der Waals surface area contributed by atoms with Crippen molar-refractivity contribution in [2.24, 2.45) is 0 Å². The lowest BCUT2D eigenvalue weighted by Crippen LogP contribution is -2.43. The summed E-state index contributed by atoms with van der Waals surface area (Å²) in [6.45, 7) is 5.88. The summed E-state index contributed by atoms with van der Waals surface area (Å²) < 4.78 is 0. The Morgan fingerprint density at radius 3 is 2.67 bits per heavy atom. The number of piperazine rings is 1. The number of aryl methyl sites for hydroxylation is 1. The summed E-state index contributed by atoms with van der Waals surface area (Å²) in [7, 11) is 0. The average molecular weight is 451 g/mol. The standard InChI is InChI=1S/C26H34N4O3/c31-18-17-30(14-11-20-1-6-23(7-2-20)29-15-12-27-13-16-29)25-9-5-22-19-21(3-8-24(22)25)4-10-26(32)28-33/h1-4,6-8,10,19,25,27,31,33H,5,9,11-18H2,(H,28,32)/b10-4+. The van der Waals surface area contributed by atoms with Crippen LogP contribution in [0.1, 0.15) is 34.7 Å². The molecule has 2 aromatic rings. The summed E-state index contributed by atoms with van der Waals surface area (Å²) in [5.74, 6) is -0.538. The van der Waals surface area contributed by atoms with Crippen molar-refractivity contribution in [3.8, 4) is 0 Å². The highest BCUT2D eigenvalue weighted by Gasteiger charge is 2.27. The summed E-state index contributed by atoms with van der Waals surface area (Å²) in [6, 6.07) is 15.5. The van der Waals surface area contributed by atoms with E-state index in [0.717, 1.165) is 57.5 Å². The number of anilines is 1.